The van der Waals surface area contributed by atoms with Gasteiger partial charge in [-0.25, -0.2) is 0 Å². The van der Waals surface area contributed by atoms with Crippen LogP contribution in [-0.2, 0) is 22.6 Å². The molecule has 0 spiro atoms. The maximum atomic E-state index is 13.6. The van der Waals surface area contributed by atoms with E-state index in [9.17, 15) is 9.59 Å². The van der Waals surface area contributed by atoms with Crippen LogP contribution in [0.15, 0.2) is 61.2 Å². The van der Waals surface area contributed by atoms with Crippen LogP contribution in [0.1, 0.15) is 41.8 Å². The molecule has 192 valence electrons. The van der Waals surface area contributed by atoms with E-state index >= 15 is 0 Å². The van der Waals surface area contributed by atoms with Crippen LogP contribution in [0.5, 0.6) is 11.5 Å². The smallest absolute Gasteiger partial charge is 0.254 e. The summed E-state index contributed by atoms with van der Waals surface area (Å²) in [5.41, 5.74) is 2.97. The third-order valence-electron chi connectivity index (χ3n) is 6.88. The Labute approximate surface area is 217 Å². The molecule has 2 aliphatic rings. The molecule has 0 aliphatic carbocycles. The predicted octanol–water partition coefficient (Wildman–Crippen LogP) is 5.12. The average Bonchev–Trinajstić information content (AvgIpc) is 2.91. The lowest BCUT2D eigenvalue weighted by Crippen LogP contribution is -2.41. The first-order valence-corrected chi connectivity index (χ1v) is 12.6. The number of hydrogen-bond donors (Lipinski definition) is 1. The van der Waals surface area contributed by atoms with E-state index in [4.69, 9.17) is 14.2 Å². The molecular formula is C30H32N2O5. The molecule has 0 bridgehead atoms. The van der Waals surface area contributed by atoms with E-state index < -0.39 is 0 Å². The molecule has 2 heterocycles. The molecule has 7 nitrogen and oxygen atoms in total. The molecule has 3 aromatic carbocycles. The summed E-state index contributed by atoms with van der Waals surface area (Å²) >= 11 is 0. The Morgan fingerprint density at radius 1 is 1.11 bits per heavy atom. The number of nitrogens with one attached hydrogen (secondary N) is 1. The van der Waals surface area contributed by atoms with Gasteiger partial charge in [0.2, 0.25) is 5.91 Å². The van der Waals surface area contributed by atoms with Crippen LogP contribution in [0.3, 0.4) is 0 Å². The summed E-state index contributed by atoms with van der Waals surface area (Å²) < 4.78 is 18.2. The monoisotopic (exact) mass is 500 g/mol. The Bertz CT molecular complexity index is 1340. The van der Waals surface area contributed by atoms with Crippen LogP contribution >= 0.6 is 0 Å². The van der Waals surface area contributed by atoms with Gasteiger partial charge in [-0.2, -0.15) is 0 Å². The number of fused-ring (bicyclic) bond motifs is 3. The molecule has 1 saturated heterocycles. The van der Waals surface area contributed by atoms with Crippen LogP contribution in [0, 0.1) is 0 Å². The van der Waals surface area contributed by atoms with Crippen LogP contribution in [0.25, 0.3) is 10.8 Å². The van der Waals surface area contributed by atoms with E-state index in [0.29, 0.717) is 49.9 Å². The zero-order valence-electron chi connectivity index (χ0n) is 21.3. The summed E-state index contributed by atoms with van der Waals surface area (Å²) in [5, 5.41) is 4.54. The van der Waals surface area contributed by atoms with E-state index in [1.54, 1.807) is 0 Å². The number of anilines is 1. The Kier molecular flexibility index (Phi) is 6.89. The lowest BCUT2D eigenvalue weighted by molar-refractivity contribution is -0.111. The normalized spacial score (nSPS) is 16.4. The molecule has 0 aromatic heterocycles. The van der Waals surface area contributed by atoms with Crippen molar-refractivity contribution in [3.8, 4) is 11.5 Å². The zero-order valence-corrected chi connectivity index (χ0v) is 21.3. The van der Waals surface area contributed by atoms with Crippen molar-refractivity contribution >= 4 is 28.3 Å². The third-order valence-corrected chi connectivity index (χ3v) is 6.88. The molecule has 0 radical (unpaired) electrons. The van der Waals surface area contributed by atoms with E-state index in [2.05, 4.69) is 25.7 Å². The van der Waals surface area contributed by atoms with Crippen LogP contribution in [0.2, 0.25) is 0 Å². The molecule has 2 aliphatic heterocycles. The fourth-order valence-electron chi connectivity index (χ4n) is 4.82. The number of nitrogens with zero attached hydrogens (tertiary/aromatic N) is 1. The van der Waals surface area contributed by atoms with Gasteiger partial charge in [-0.1, -0.05) is 30.8 Å². The van der Waals surface area contributed by atoms with Crippen molar-refractivity contribution in [2.75, 3.05) is 31.6 Å². The SMILES string of the molecule is C=CC(=O)Nc1ccc(COc2cccc3c4c(c(C(=O)N5CCOCC5)cc23)CCC(C)(C)O4)cc1. The van der Waals surface area contributed by atoms with Gasteiger partial charge in [0.25, 0.3) is 5.91 Å². The second-order valence-corrected chi connectivity index (χ2v) is 10.0. The Morgan fingerprint density at radius 3 is 2.59 bits per heavy atom. The highest BCUT2D eigenvalue weighted by Gasteiger charge is 2.33. The van der Waals surface area contributed by atoms with Crippen molar-refractivity contribution in [2.45, 2.75) is 38.9 Å². The molecule has 1 fully saturated rings. The predicted molar refractivity (Wildman–Crippen MR) is 143 cm³/mol. The fraction of sp³-hybridized carbons (Fsp3) is 0.333. The number of ether oxygens (including phenoxy) is 3. The highest BCUT2D eigenvalue weighted by atomic mass is 16.5. The maximum absolute atomic E-state index is 13.6. The largest absolute Gasteiger partial charge is 0.488 e. The van der Waals surface area contributed by atoms with Crippen LogP contribution < -0.4 is 14.8 Å². The molecule has 0 saturated carbocycles. The first-order valence-electron chi connectivity index (χ1n) is 12.6. The van der Waals surface area contributed by atoms with Crippen molar-refractivity contribution in [1.29, 1.82) is 0 Å². The number of benzene rings is 3. The standard InChI is InChI=1S/C30H32N2O5/c1-4-27(33)31-21-10-8-20(9-11-21)19-36-26-7-5-6-22-24(26)18-25(29(34)32-14-16-35-17-15-32)23-12-13-30(2,3)37-28(22)23/h4-11,18H,1,12-17,19H2,2-3H3,(H,31,33). The molecular weight excluding hydrogens is 468 g/mol. The van der Waals surface area contributed by atoms with Gasteiger partial charge in [-0.15, -0.1) is 0 Å². The molecule has 0 unspecified atom stereocenters. The van der Waals surface area contributed by atoms with Gasteiger partial charge < -0.3 is 24.4 Å². The van der Waals surface area contributed by atoms with Gasteiger partial charge in [0.15, 0.2) is 0 Å². The van der Waals surface area contributed by atoms with Crippen molar-refractivity contribution in [2.24, 2.45) is 0 Å². The quantitative estimate of drug-likeness (QED) is 0.476. The summed E-state index contributed by atoms with van der Waals surface area (Å²) in [5.74, 6) is 1.22. The Hall–Kier alpha value is -3.84. The number of morpholine rings is 1. The van der Waals surface area contributed by atoms with Gasteiger partial charge in [0.1, 0.15) is 23.7 Å². The van der Waals surface area contributed by atoms with Gasteiger partial charge in [0, 0.05) is 40.7 Å². The average molecular weight is 501 g/mol. The van der Waals surface area contributed by atoms with Gasteiger partial charge >= 0.3 is 0 Å². The van der Waals surface area contributed by atoms with Crippen LogP contribution in [-0.4, -0.2) is 48.6 Å². The first kappa shape index (κ1) is 24.8. The van der Waals surface area contributed by atoms with Crippen molar-refractivity contribution in [3.63, 3.8) is 0 Å². The minimum Gasteiger partial charge on any atom is -0.488 e. The highest BCUT2D eigenvalue weighted by molar-refractivity contribution is 6.05. The third kappa shape index (κ3) is 5.32. The molecule has 7 heteroatoms. The minimum absolute atomic E-state index is 0.0109. The van der Waals surface area contributed by atoms with E-state index in [-0.39, 0.29) is 17.4 Å². The van der Waals surface area contributed by atoms with E-state index in [0.717, 1.165) is 40.5 Å². The van der Waals surface area contributed by atoms with E-state index in [1.165, 1.54) is 6.08 Å². The van der Waals surface area contributed by atoms with Crippen LogP contribution in [0.4, 0.5) is 5.69 Å². The number of amides is 2. The topological polar surface area (TPSA) is 77.1 Å². The molecule has 1 N–H and O–H groups in total. The number of hydrogen-bond acceptors (Lipinski definition) is 5. The molecule has 5 rings (SSSR count). The number of rotatable bonds is 6. The van der Waals surface area contributed by atoms with Crippen molar-refractivity contribution in [3.05, 3.63) is 77.9 Å². The van der Waals surface area contributed by atoms with Gasteiger partial charge in [-0.3, -0.25) is 9.59 Å². The maximum Gasteiger partial charge on any atom is 0.254 e. The number of carbonyl (C=O) groups is 2. The summed E-state index contributed by atoms with van der Waals surface area (Å²) in [6.07, 6.45) is 2.86. The fourth-order valence-corrected chi connectivity index (χ4v) is 4.82. The van der Waals surface area contributed by atoms with E-state index in [1.807, 2.05) is 53.4 Å². The molecule has 3 aromatic rings. The second kappa shape index (κ2) is 10.3. The molecule has 2 amide bonds. The first-order chi connectivity index (χ1) is 17.8. The second-order valence-electron chi connectivity index (χ2n) is 10.0. The zero-order chi connectivity index (χ0) is 26.0. The summed E-state index contributed by atoms with van der Waals surface area (Å²) in [7, 11) is 0. The lowest BCUT2D eigenvalue weighted by Gasteiger charge is -2.35. The Balaban J connectivity index is 1.48. The molecule has 37 heavy (non-hydrogen) atoms. The number of carbonyl (C=O) groups excluding carboxylic acids is 2. The Morgan fingerprint density at radius 2 is 1.86 bits per heavy atom. The van der Waals surface area contributed by atoms with Crippen molar-refractivity contribution in [1.82, 2.24) is 4.90 Å². The molecule has 0 atom stereocenters. The summed E-state index contributed by atoms with van der Waals surface area (Å²) in [4.78, 5) is 27.0. The lowest BCUT2D eigenvalue weighted by atomic mass is 9.88. The highest BCUT2D eigenvalue weighted by Crippen LogP contribution is 2.43. The van der Waals surface area contributed by atoms with Crippen molar-refractivity contribution < 1.29 is 23.8 Å². The summed E-state index contributed by atoms with van der Waals surface area (Å²) in [6, 6.07) is 15.3. The van der Waals surface area contributed by atoms with Gasteiger partial charge in [0.05, 0.1) is 13.2 Å². The van der Waals surface area contributed by atoms with Gasteiger partial charge in [-0.05, 0) is 62.6 Å². The minimum atomic E-state index is -0.319. The summed E-state index contributed by atoms with van der Waals surface area (Å²) in [6.45, 7) is 10.2.